The molecule has 0 aromatic rings. The number of hydrogen-bond acceptors (Lipinski definition) is 1. The van der Waals surface area contributed by atoms with E-state index in [0.717, 1.165) is 37.0 Å². The Morgan fingerprint density at radius 3 is 2.38 bits per heavy atom. The first-order valence-corrected chi connectivity index (χ1v) is 7.39. The first-order chi connectivity index (χ1) is 7.67. The molecular formula is C15H28O. The summed E-state index contributed by atoms with van der Waals surface area (Å²) in [6.45, 7) is 4.53. The van der Waals surface area contributed by atoms with Crippen molar-refractivity contribution in [2.75, 3.05) is 0 Å². The first kappa shape index (κ1) is 12.4. The van der Waals surface area contributed by atoms with Crippen LogP contribution in [-0.4, -0.2) is 10.7 Å². The van der Waals surface area contributed by atoms with Crippen molar-refractivity contribution < 1.29 is 5.11 Å². The standard InChI is InChI=1S/C15H28O/c1-3-12(4-2)10-15(16)9-5-6-14(11-15)13-7-8-13/h12-14,16H,3-11H2,1-2H3. The molecule has 2 rings (SSSR count). The second kappa shape index (κ2) is 5.08. The van der Waals surface area contributed by atoms with Crippen LogP contribution in [0.1, 0.15) is 71.6 Å². The summed E-state index contributed by atoms with van der Waals surface area (Å²) in [6, 6.07) is 0. The van der Waals surface area contributed by atoms with Crippen molar-refractivity contribution in [1.82, 2.24) is 0 Å². The van der Waals surface area contributed by atoms with Gasteiger partial charge in [0.2, 0.25) is 0 Å². The Morgan fingerprint density at radius 2 is 1.81 bits per heavy atom. The van der Waals surface area contributed by atoms with Gasteiger partial charge in [-0.2, -0.15) is 0 Å². The summed E-state index contributed by atoms with van der Waals surface area (Å²) in [7, 11) is 0. The van der Waals surface area contributed by atoms with Crippen molar-refractivity contribution in [1.29, 1.82) is 0 Å². The van der Waals surface area contributed by atoms with Gasteiger partial charge in [0.05, 0.1) is 5.60 Å². The Morgan fingerprint density at radius 1 is 1.12 bits per heavy atom. The van der Waals surface area contributed by atoms with Crippen molar-refractivity contribution in [2.45, 2.75) is 77.2 Å². The van der Waals surface area contributed by atoms with Crippen molar-refractivity contribution in [2.24, 2.45) is 17.8 Å². The second-order valence-electron chi connectivity index (χ2n) is 6.30. The molecule has 2 fully saturated rings. The van der Waals surface area contributed by atoms with Gasteiger partial charge in [-0.3, -0.25) is 0 Å². The zero-order valence-electron chi connectivity index (χ0n) is 11.0. The van der Waals surface area contributed by atoms with E-state index in [2.05, 4.69) is 13.8 Å². The normalized spacial score (nSPS) is 35.6. The Balaban J connectivity index is 1.89. The van der Waals surface area contributed by atoms with E-state index >= 15 is 0 Å². The third kappa shape index (κ3) is 3.00. The topological polar surface area (TPSA) is 20.2 Å². The minimum atomic E-state index is -0.303. The molecule has 0 radical (unpaired) electrons. The Hall–Kier alpha value is -0.0400. The molecule has 0 saturated heterocycles. The summed E-state index contributed by atoms with van der Waals surface area (Å²) in [5, 5.41) is 10.8. The fourth-order valence-corrected chi connectivity index (χ4v) is 3.66. The number of hydrogen-bond donors (Lipinski definition) is 1. The molecule has 2 unspecified atom stereocenters. The molecule has 1 N–H and O–H groups in total. The van der Waals surface area contributed by atoms with Crippen LogP contribution in [0, 0.1) is 17.8 Å². The Kier molecular flexibility index (Phi) is 3.94. The fourth-order valence-electron chi connectivity index (χ4n) is 3.66. The van der Waals surface area contributed by atoms with Crippen LogP contribution in [0.5, 0.6) is 0 Å². The van der Waals surface area contributed by atoms with Crippen LogP contribution in [0.25, 0.3) is 0 Å². The third-order valence-electron chi connectivity index (χ3n) is 4.97. The molecule has 0 aliphatic heterocycles. The average Bonchev–Trinajstić information content (AvgIpc) is 3.10. The van der Waals surface area contributed by atoms with E-state index in [1.54, 1.807) is 0 Å². The van der Waals surface area contributed by atoms with Crippen molar-refractivity contribution in [3.8, 4) is 0 Å². The van der Waals surface area contributed by atoms with Crippen LogP contribution in [0.2, 0.25) is 0 Å². The van der Waals surface area contributed by atoms with Crippen LogP contribution in [0.15, 0.2) is 0 Å². The highest BCUT2D eigenvalue weighted by molar-refractivity contribution is 4.93. The zero-order chi connectivity index (χ0) is 11.6. The predicted octanol–water partition coefficient (Wildman–Crippen LogP) is 4.14. The minimum Gasteiger partial charge on any atom is -0.390 e. The van der Waals surface area contributed by atoms with Gasteiger partial charge in [-0.15, -0.1) is 0 Å². The highest BCUT2D eigenvalue weighted by Crippen LogP contribution is 2.48. The molecule has 0 bridgehead atoms. The molecule has 2 atom stereocenters. The smallest absolute Gasteiger partial charge is 0.0653 e. The SMILES string of the molecule is CCC(CC)CC1(O)CCCC(C2CC2)C1. The van der Waals surface area contributed by atoms with Crippen LogP contribution in [0.4, 0.5) is 0 Å². The first-order valence-electron chi connectivity index (χ1n) is 7.39. The molecule has 0 spiro atoms. The maximum absolute atomic E-state index is 10.8. The molecule has 1 heteroatoms. The lowest BCUT2D eigenvalue weighted by atomic mass is 9.71. The molecule has 2 aliphatic rings. The Labute approximate surface area is 101 Å². The van der Waals surface area contributed by atoms with Crippen molar-refractivity contribution in [3.63, 3.8) is 0 Å². The summed E-state index contributed by atoms with van der Waals surface area (Å²) in [6.07, 6.45) is 11.2. The molecule has 0 aromatic heterocycles. The molecule has 2 saturated carbocycles. The third-order valence-corrected chi connectivity index (χ3v) is 4.97. The van der Waals surface area contributed by atoms with Gasteiger partial charge in [0.15, 0.2) is 0 Å². The molecule has 94 valence electrons. The predicted molar refractivity (Wildman–Crippen MR) is 68.3 cm³/mol. The molecular weight excluding hydrogens is 196 g/mol. The number of rotatable bonds is 5. The minimum absolute atomic E-state index is 0.303. The van der Waals surface area contributed by atoms with Crippen LogP contribution < -0.4 is 0 Å². The summed E-state index contributed by atoms with van der Waals surface area (Å²) in [5.74, 6) is 2.57. The lowest BCUT2D eigenvalue weighted by Crippen LogP contribution is -2.37. The van der Waals surface area contributed by atoms with Gasteiger partial charge in [-0.05, 0) is 56.3 Å². The summed E-state index contributed by atoms with van der Waals surface area (Å²) in [4.78, 5) is 0. The zero-order valence-corrected chi connectivity index (χ0v) is 11.0. The summed E-state index contributed by atoms with van der Waals surface area (Å²) < 4.78 is 0. The quantitative estimate of drug-likeness (QED) is 0.744. The summed E-state index contributed by atoms with van der Waals surface area (Å²) >= 11 is 0. The summed E-state index contributed by atoms with van der Waals surface area (Å²) in [5.41, 5.74) is -0.303. The van der Waals surface area contributed by atoms with Gasteiger partial charge in [0, 0.05) is 0 Å². The lowest BCUT2D eigenvalue weighted by molar-refractivity contribution is -0.0397. The van der Waals surface area contributed by atoms with E-state index in [4.69, 9.17) is 0 Å². The van der Waals surface area contributed by atoms with Gasteiger partial charge in [-0.25, -0.2) is 0 Å². The maximum Gasteiger partial charge on any atom is 0.0653 e. The highest BCUT2D eigenvalue weighted by atomic mass is 16.3. The van der Waals surface area contributed by atoms with Gasteiger partial charge in [0.25, 0.3) is 0 Å². The van der Waals surface area contributed by atoms with E-state index in [9.17, 15) is 5.11 Å². The molecule has 0 amide bonds. The molecule has 0 aromatic carbocycles. The van der Waals surface area contributed by atoms with Gasteiger partial charge in [0.1, 0.15) is 0 Å². The van der Waals surface area contributed by atoms with Crippen molar-refractivity contribution >= 4 is 0 Å². The van der Waals surface area contributed by atoms with Crippen LogP contribution >= 0.6 is 0 Å². The number of aliphatic hydroxyl groups is 1. The Bertz CT molecular complexity index is 213. The van der Waals surface area contributed by atoms with Gasteiger partial charge >= 0.3 is 0 Å². The van der Waals surface area contributed by atoms with E-state index in [1.807, 2.05) is 0 Å². The molecule has 2 aliphatic carbocycles. The highest BCUT2D eigenvalue weighted by Gasteiger charge is 2.41. The van der Waals surface area contributed by atoms with E-state index in [0.29, 0.717) is 0 Å². The molecule has 16 heavy (non-hydrogen) atoms. The second-order valence-corrected chi connectivity index (χ2v) is 6.30. The van der Waals surface area contributed by atoms with Crippen LogP contribution in [0.3, 0.4) is 0 Å². The monoisotopic (exact) mass is 224 g/mol. The van der Waals surface area contributed by atoms with E-state index in [-0.39, 0.29) is 5.60 Å². The van der Waals surface area contributed by atoms with Gasteiger partial charge in [-0.1, -0.05) is 33.1 Å². The molecule has 1 nitrogen and oxygen atoms in total. The largest absolute Gasteiger partial charge is 0.390 e. The van der Waals surface area contributed by atoms with E-state index < -0.39 is 0 Å². The van der Waals surface area contributed by atoms with E-state index in [1.165, 1.54) is 38.5 Å². The lowest BCUT2D eigenvalue weighted by Gasteiger charge is -2.39. The van der Waals surface area contributed by atoms with Crippen molar-refractivity contribution in [3.05, 3.63) is 0 Å². The fraction of sp³-hybridized carbons (Fsp3) is 1.00. The molecule has 0 heterocycles. The van der Waals surface area contributed by atoms with Crippen LogP contribution in [-0.2, 0) is 0 Å². The van der Waals surface area contributed by atoms with Gasteiger partial charge < -0.3 is 5.11 Å². The average molecular weight is 224 g/mol. The maximum atomic E-state index is 10.8.